The van der Waals surface area contributed by atoms with Crippen LogP contribution in [0.3, 0.4) is 0 Å². The molecule has 1 saturated heterocycles. The highest BCUT2D eigenvalue weighted by molar-refractivity contribution is 5.76. The summed E-state index contributed by atoms with van der Waals surface area (Å²) in [7, 11) is 0. The molecule has 5 nitrogen and oxygen atoms in total. The third-order valence-electron chi connectivity index (χ3n) is 3.36. The largest absolute Gasteiger partial charge is 0.481 e. The highest BCUT2D eigenvalue weighted by Crippen LogP contribution is 2.10. The number of nitrogens with one attached hydrogen (secondary N) is 1. The number of carbonyl (C=O) groups excluding carboxylic acids is 1. The molecule has 104 valence electrons. The normalized spacial score (nSPS) is 20.6. The van der Waals surface area contributed by atoms with Crippen molar-refractivity contribution in [3.63, 3.8) is 0 Å². The van der Waals surface area contributed by atoms with Gasteiger partial charge in [0.2, 0.25) is 5.91 Å². The van der Waals surface area contributed by atoms with Gasteiger partial charge in [0, 0.05) is 25.4 Å². The summed E-state index contributed by atoms with van der Waals surface area (Å²) in [4.78, 5) is 24.3. The van der Waals surface area contributed by atoms with Crippen molar-refractivity contribution in [1.29, 1.82) is 0 Å². The molecular weight excluding hydrogens is 232 g/mol. The summed E-state index contributed by atoms with van der Waals surface area (Å²) >= 11 is 0. The van der Waals surface area contributed by atoms with E-state index in [1.807, 2.05) is 0 Å². The molecular formula is C13H24N2O3. The Morgan fingerprint density at radius 1 is 1.33 bits per heavy atom. The number of nitrogens with zero attached hydrogens (tertiary/aromatic N) is 1. The maximum absolute atomic E-state index is 11.7. The fourth-order valence-corrected chi connectivity index (χ4v) is 2.32. The monoisotopic (exact) mass is 256 g/mol. The fourth-order valence-electron chi connectivity index (χ4n) is 2.32. The topological polar surface area (TPSA) is 69.6 Å². The van der Waals surface area contributed by atoms with E-state index < -0.39 is 5.97 Å². The number of rotatable bonds is 7. The van der Waals surface area contributed by atoms with Gasteiger partial charge in [-0.15, -0.1) is 0 Å². The van der Waals surface area contributed by atoms with Gasteiger partial charge in [0.25, 0.3) is 0 Å². The smallest absolute Gasteiger partial charge is 0.303 e. The lowest BCUT2D eigenvalue weighted by Crippen LogP contribution is -2.47. The molecule has 0 aliphatic carbocycles. The molecule has 0 bridgehead atoms. The van der Waals surface area contributed by atoms with Crippen LogP contribution in [0.25, 0.3) is 0 Å². The second-order valence-electron chi connectivity index (χ2n) is 4.90. The van der Waals surface area contributed by atoms with Gasteiger partial charge < -0.3 is 15.3 Å². The molecule has 5 heteroatoms. The van der Waals surface area contributed by atoms with Crippen molar-refractivity contribution in [2.75, 3.05) is 19.6 Å². The van der Waals surface area contributed by atoms with Crippen LogP contribution in [0.5, 0.6) is 0 Å². The maximum Gasteiger partial charge on any atom is 0.303 e. The zero-order valence-electron chi connectivity index (χ0n) is 11.2. The molecule has 0 aromatic carbocycles. The number of hydrogen-bond donors (Lipinski definition) is 2. The van der Waals surface area contributed by atoms with E-state index in [0.717, 1.165) is 32.5 Å². The molecule has 2 N–H and O–H groups in total. The second-order valence-corrected chi connectivity index (χ2v) is 4.90. The quantitative estimate of drug-likeness (QED) is 0.672. The minimum atomic E-state index is -0.790. The Kier molecular flexibility index (Phi) is 6.72. The molecule has 0 spiro atoms. The van der Waals surface area contributed by atoms with Crippen LogP contribution < -0.4 is 5.32 Å². The van der Waals surface area contributed by atoms with Crippen molar-refractivity contribution < 1.29 is 14.7 Å². The number of aliphatic carboxylic acids is 1. The summed E-state index contributed by atoms with van der Waals surface area (Å²) < 4.78 is 0. The molecule has 1 aliphatic rings. The van der Waals surface area contributed by atoms with E-state index in [0.29, 0.717) is 19.3 Å². The number of likely N-dealkylation sites (N-methyl/N-ethyl adjacent to an activating group) is 1. The number of carboxylic acids is 1. The first-order valence-corrected chi connectivity index (χ1v) is 6.85. The molecule has 1 unspecified atom stereocenters. The number of piperidine rings is 1. The van der Waals surface area contributed by atoms with Crippen molar-refractivity contribution in [2.24, 2.45) is 0 Å². The number of amides is 1. The van der Waals surface area contributed by atoms with E-state index >= 15 is 0 Å². The molecule has 1 atom stereocenters. The zero-order valence-corrected chi connectivity index (χ0v) is 11.2. The fraction of sp³-hybridized carbons (Fsp3) is 0.846. The van der Waals surface area contributed by atoms with Gasteiger partial charge in [-0.05, 0) is 38.8 Å². The lowest BCUT2D eigenvalue weighted by Gasteiger charge is -2.32. The third kappa shape index (κ3) is 6.00. The van der Waals surface area contributed by atoms with Gasteiger partial charge in [-0.3, -0.25) is 9.59 Å². The van der Waals surface area contributed by atoms with Gasteiger partial charge in [-0.1, -0.05) is 6.92 Å². The standard InChI is InChI=1S/C13H24N2O3/c1-2-15-9-5-6-11(10-15)14-12(16)7-3-4-8-13(17)18/h11H,2-10H2,1H3,(H,14,16)(H,17,18). The van der Waals surface area contributed by atoms with Crippen molar-refractivity contribution in [1.82, 2.24) is 10.2 Å². The summed E-state index contributed by atoms with van der Waals surface area (Å²) in [6.45, 7) is 5.24. The Hall–Kier alpha value is -1.10. The first-order chi connectivity index (χ1) is 8.61. The van der Waals surface area contributed by atoms with Crippen LogP contribution in [0.1, 0.15) is 45.4 Å². The van der Waals surface area contributed by atoms with Crippen LogP contribution in [0.4, 0.5) is 0 Å². The molecule has 0 aromatic rings. The zero-order chi connectivity index (χ0) is 13.4. The average molecular weight is 256 g/mol. The van der Waals surface area contributed by atoms with Crippen LogP contribution in [0.2, 0.25) is 0 Å². The van der Waals surface area contributed by atoms with Gasteiger partial charge in [0.05, 0.1) is 0 Å². The first kappa shape index (κ1) is 15.0. The predicted octanol–water partition coefficient (Wildman–Crippen LogP) is 1.23. The Morgan fingerprint density at radius 2 is 2.06 bits per heavy atom. The van der Waals surface area contributed by atoms with E-state index in [1.54, 1.807) is 0 Å². The Balaban J connectivity index is 2.13. The molecule has 1 heterocycles. The summed E-state index contributed by atoms with van der Waals surface area (Å²) in [5.41, 5.74) is 0. The van der Waals surface area contributed by atoms with Gasteiger partial charge in [-0.2, -0.15) is 0 Å². The minimum Gasteiger partial charge on any atom is -0.481 e. The van der Waals surface area contributed by atoms with Crippen molar-refractivity contribution in [2.45, 2.75) is 51.5 Å². The molecule has 0 aromatic heterocycles. The number of carbonyl (C=O) groups is 2. The van der Waals surface area contributed by atoms with Crippen LogP contribution in [0, 0.1) is 0 Å². The van der Waals surface area contributed by atoms with Crippen LogP contribution in [-0.4, -0.2) is 47.6 Å². The summed E-state index contributed by atoms with van der Waals surface area (Å²) in [5.74, 6) is -0.732. The lowest BCUT2D eigenvalue weighted by molar-refractivity contribution is -0.137. The Morgan fingerprint density at radius 3 is 2.72 bits per heavy atom. The van der Waals surface area contributed by atoms with Gasteiger partial charge in [-0.25, -0.2) is 0 Å². The Bertz CT molecular complexity index is 281. The number of unbranched alkanes of at least 4 members (excludes halogenated alkanes) is 1. The number of likely N-dealkylation sites (tertiary alicyclic amines) is 1. The van der Waals surface area contributed by atoms with Gasteiger partial charge >= 0.3 is 5.97 Å². The van der Waals surface area contributed by atoms with E-state index in [9.17, 15) is 9.59 Å². The SMILES string of the molecule is CCN1CCCC(NC(=O)CCCCC(=O)O)C1. The second kappa shape index (κ2) is 8.08. The molecule has 0 saturated carbocycles. The van der Waals surface area contributed by atoms with Crippen molar-refractivity contribution in [3.05, 3.63) is 0 Å². The summed E-state index contributed by atoms with van der Waals surface area (Å²) in [6, 6.07) is 0.269. The van der Waals surface area contributed by atoms with E-state index in [4.69, 9.17) is 5.11 Å². The highest BCUT2D eigenvalue weighted by Gasteiger charge is 2.19. The van der Waals surface area contributed by atoms with Crippen LogP contribution in [-0.2, 0) is 9.59 Å². The number of hydrogen-bond acceptors (Lipinski definition) is 3. The number of carboxylic acid groups (broad SMARTS) is 1. The highest BCUT2D eigenvalue weighted by atomic mass is 16.4. The van der Waals surface area contributed by atoms with Gasteiger partial charge in [0.1, 0.15) is 0 Å². The summed E-state index contributed by atoms with van der Waals surface area (Å²) in [5, 5.41) is 11.5. The van der Waals surface area contributed by atoms with Crippen molar-refractivity contribution in [3.8, 4) is 0 Å². The molecule has 1 fully saturated rings. The third-order valence-corrected chi connectivity index (χ3v) is 3.36. The minimum absolute atomic E-state index is 0.0586. The van der Waals surface area contributed by atoms with Crippen molar-refractivity contribution >= 4 is 11.9 Å². The average Bonchev–Trinajstić information content (AvgIpc) is 2.34. The van der Waals surface area contributed by atoms with E-state index in [-0.39, 0.29) is 18.4 Å². The molecule has 0 radical (unpaired) electrons. The van der Waals surface area contributed by atoms with Gasteiger partial charge in [0.15, 0.2) is 0 Å². The predicted molar refractivity (Wildman–Crippen MR) is 69.4 cm³/mol. The lowest BCUT2D eigenvalue weighted by atomic mass is 10.1. The van der Waals surface area contributed by atoms with Crippen LogP contribution >= 0.6 is 0 Å². The maximum atomic E-state index is 11.7. The summed E-state index contributed by atoms with van der Waals surface area (Å²) in [6.07, 6.45) is 4.02. The van der Waals surface area contributed by atoms with E-state index in [2.05, 4.69) is 17.1 Å². The van der Waals surface area contributed by atoms with Crippen LogP contribution in [0.15, 0.2) is 0 Å². The molecule has 18 heavy (non-hydrogen) atoms. The molecule has 1 rings (SSSR count). The first-order valence-electron chi connectivity index (χ1n) is 6.85. The van der Waals surface area contributed by atoms with E-state index in [1.165, 1.54) is 0 Å². The Labute approximate surface area is 109 Å². The molecule has 1 aliphatic heterocycles. The molecule has 1 amide bonds.